The Balaban J connectivity index is 1.97. The monoisotopic (exact) mass is 380 g/mol. The molecule has 1 unspecified atom stereocenters. The van der Waals surface area contributed by atoms with Gasteiger partial charge in [-0.25, -0.2) is 9.37 Å². The fourth-order valence-electron chi connectivity index (χ4n) is 2.54. The van der Waals surface area contributed by atoms with E-state index in [2.05, 4.69) is 10.3 Å². The molecule has 2 heterocycles. The number of fused-ring (bicyclic) bond motifs is 1. The second-order valence-corrected chi connectivity index (χ2v) is 5.64. The van der Waals surface area contributed by atoms with Gasteiger partial charge in [-0.2, -0.15) is 13.2 Å². The predicted molar refractivity (Wildman–Crippen MR) is 86.0 cm³/mol. The number of nitrogens with one attached hydrogen (secondary N) is 1. The number of imidazole rings is 1. The van der Waals surface area contributed by atoms with E-state index in [9.17, 15) is 27.2 Å². The van der Waals surface area contributed by atoms with Crippen molar-refractivity contribution in [1.29, 1.82) is 0 Å². The summed E-state index contributed by atoms with van der Waals surface area (Å²) in [6.45, 7) is 0. The average molecular weight is 380 g/mol. The molecule has 0 spiro atoms. The molecule has 0 radical (unpaired) electrons. The Labute approximate surface area is 149 Å². The number of rotatable bonds is 4. The second kappa shape index (κ2) is 6.71. The summed E-state index contributed by atoms with van der Waals surface area (Å²) in [5, 5.41) is 2.30. The Morgan fingerprint density at radius 1 is 1.19 bits per heavy atom. The summed E-state index contributed by atoms with van der Waals surface area (Å²) in [6.07, 6.45) is -2.65. The maximum absolute atomic E-state index is 13.4. The van der Waals surface area contributed by atoms with Gasteiger partial charge in [-0.3, -0.25) is 9.59 Å². The molecule has 3 rings (SSSR count). The number of hydrogen-bond acceptors (Lipinski definition) is 3. The molecule has 0 saturated carbocycles. The van der Waals surface area contributed by atoms with Crippen molar-refractivity contribution in [3.05, 3.63) is 71.4 Å². The molecule has 0 aliphatic heterocycles. The van der Waals surface area contributed by atoms with Crippen LogP contribution in [0.3, 0.4) is 0 Å². The molecule has 2 aromatic heterocycles. The van der Waals surface area contributed by atoms with Crippen LogP contribution in [0.1, 0.15) is 27.7 Å². The van der Waals surface area contributed by atoms with Gasteiger partial charge in [-0.1, -0.05) is 12.1 Å². The van der Waals surface area contributed by atoms with Crippen LogP contribution in [0.4, 0.5) is 17.6 Å². The Morgan fingerprint density at radius 3 is 2.56 bits per heavy atom. The van der Waals surface area contributed by atoms with Gasteiger partial charge in [0.15, 0.2) is 5.69 Å². The number of amides is 2. The van der Waals surface area contributed by atoms with Crippen molar-refractivity contribution in [3.63, 3.8) is 0 Å². The summed E-state index contributed by atoms with van der Waals surface area (Å²) in [4.78, 5) is 27.7. The molecule has 0 aliphatic rings. The number of nitrogens with two attached hydrogens (primary N) is 1. The van der Waals surface area contributed by atoms with Crippen molar-refractivity contribution in [2.45, 2.75) is 12.2 Å². The first-order valence-electron chi connectivity index (χ1n) is 7.57. The molecule has 2 amide bonds. The van der Waals surface area contributed by atoms with Gasteiger partial charge < -0.3 is 15.5 Å². The molecule has 0 bridgehead atoms. The van der Waals surface area contributed by atoms with Crippen LogP contribution in [0, 0.1) is 5.82 Å². The Morgan fingerprint density at radius 2 is 1.93 bits per heavy atom. The van der Waals surface area contributed by atoms with Gasteiger partial charge in [0, 0.05) is 12.4 Å². The van der Waals surface area contributed by atoms with E-state index in [1.165, 1.54) is 30.5 Å². The molecule has 3 aromatic rings. The number of carbonyl (C=O) groups is 2. The Hall–Kier alpha value is -3.43. The molecule has 3 N–H and O–H groups in total. The zero-order chi connectivity index (χ0) is 19.8. The summed E-state index contributed by atoms with van der Waals surface area (Å²) in [7, 11) is 0. The molecule has 10 heteroatoms. The maximum atomic E-state index is 13.4. The van der Waals surface area contributed by atoms with Crippen LogP contribution < -0.4 is 11.1 Å². The summed E-state index contributed by atoms with van der Waals surface area (Å²) in [5.74, 6) is -2.48. The van der Waals surface area contributed by atoms with Crippen molar-refractivity contribution >= 4 is 17.5 Å². The number of halogens is 4. The van der Waals surface area contributed by atoms with E-state index >= 15 is 0 Å². The molecule has 0 aliphatic carbocycles. The molecule has 0 saturated heterocycles. The topological polar surface area (TPSA) is 89.5 Å². The first kappa shape index (κ1) is 18.4. The Kier molecular flexibility index (Phi) is 4.56. The summed E-state index contributed by atoms with van der Waals surface area (Å²) < 4.78 is 53.0. The number of pyridine rings is 1. The van der Waals surface area contributed by atoms with Gasteiger partial charge in [-0.05, 0) is 29.8 Å². The summed E-state index contributed by atoms with van der Waals surface area (Å²) in [6, 6.07) is 6.12. The molecule has 1 atom stereocenters. The molecule has 6 nitrogen and oxygen atoms in total. The molecular weight excluding hydrogens is 368 g/mol. The lowest BCUT2D eigenvalue weighted by molar-refractivity contribution is -0.140. The summed E-state index contributed by atoms with van der Waals surface area (Å²) in [5.41, 5.74) is 3.76. The maximum Gasteiger partial charge on any atom is 0.434 e. The van der Waals surface area contributed by atoms with E-state index in [0.29, 0.717) is 0 Å². The number of carbonyl (C=O) groups excluding carboxylic acids is 2. The first-order valence-corrected chi connectivity index (χ1v) is 7.57. The second-order valence-electron chi connectivity index (χ2n) is 5.64. The number of aromatic nitrogens is 2. The van der Waals surface area contributed by atoms with Crippen LogP contribution in [0.5, 0.6) is 0 Å². The number of alkyl halides is 3. The lowest BCUT2D eigenvalue weighted by atomic mass is 10.1. The third-order valence-corrected chi connectivity index (χ3v) is 3.76. The van der Waals surface area contributed by atoms with Crippen LogP contribution in [-0.2, 0) is 11.0 Å². The van der Waals surface area contributed by atoms with Crippen LogP contribution >= 0.6 is 0 Å². The van der Waals surface area contributed by atoms with Crippen molar-refractivity contribution < 1.29 is 27.2 Å². The minimum Gasteiger partial charge on any atom is -0.368 e. The van der Waals surface area contributed by atoms with E-state index in [1.807, 2.05) is 0 Å². The van der Waals surface area contributed by atoms with E-state index < -0.39 is 35.5 Å². The SMILES string of the molecule is NC(=O)C(NC(=O)c1cccn2cc(C(F)(F)F)nc12)c1cccc(F)c1. The fourth-order valence-corrected chi connectivity index (χ4v) is 2.54. The van der Waals surface area contributed by atoms with Crippen molar-refractivity contribution in [2.75, 3.05) is 0 Å². The van der Waals surface area contributed by atoms with Gasteiger partial charge in [-0.15, -0.1) is 0 Å². The lowest BCUT2D eigenvalue weighted by Gasteiger charge is -2.16. The highest BCUT2D eigenvalue weighted by Crippen LogP contribution is 2.29. The zero-order valence-electron chi connectivity index (χ0n) is 13.5. The number of primary amides is 1. The lowest BCUT2D eigenvalue weighted by Crippen LogP contribution is -2.37. The van der Waals surface area contributed by atoms with E-state index in [0.717, 1.165) is 22.7 Å². The third-order valence-electron chi connectivity index (χ3n) is 3.76. The van der Waals surface area contributed by atoms with Crippen LogP contribution in [0.2, 0.25) is 0 Å². The standard InChI is InChI=1S/C17H12F4N4O2/c18-10-4-1-3-9(7-10)13(14(22)26)24-16(27)11-5-2-6-25-8-12(17(19,20)21)23-15(11)25/h1-8,13H,(H2,22,26)(H,24,27). The number of hydrogen-bond donors (Lipinski definition) is 2. The normalized spacial score (nSPS) is 12.7. The van der Waals surface area contributed by atoms with Gasteiger partial charge in [0.1, 0.15) is 17.5 Å². The van der Waals surface area contributed by atoms with Crippen LogP contribution in [0.25, 0.3) is 5.65 Å². The molecule has 1 aromatic carbocycles. The largest absolute Gasteiger partial charge is 0.434 e. The van der Waals surface area contributed by atoms with Crippen molar-refractivity contribution in [3.8, 4) is 0 Å². The molecule has 140 valence electrons. The fraction of sp³-hybridized carbons (Fsp3) is 0.118. The Bertz CT molecular complexity index is 1030. The van der Waals surface area contributed by atoms with E-state index in [1.54, 1.807) is 0 Å². The third kappa shape index (κ3) is 3.73. The molecule has 27 heavy (non-hydrogen) atoms. The van der Waals surface area contributed by atoms with Gasteiger partial charge in [0.05, 0.1) is 5.56 Å². The van der Waals surface area contributed by atoms with E-state index in [-0.39, 0.29) is 16.8 Å². The van der Waals surface area contributed by atoms with E-state index in [4.69, 9.17) is 5.73 Å². The van der Waals surface area contributed by atoms with Crippen LogP contribution in [-0.4, -0.2) is 21.2 Å². The number of benzene rings is 1. The quantitative estimate of drug-likeness (QED) is 0.682. The van der Waals surface area contributed by atoms with Crippen molar-refractivity contribution in [1.82, 2.24) is 14.7 Å². The summed E-state index contributed by atoms with van der Waals surface area (Å²) >= 11 is 0. The van der Waals surface area contributed by atoms with Gasteiger partial charge in [0.25, 0.3) is 5.91 Å². The zero-order valence-corrected chi connectivity index (χ0v) is 13.5. The molecule has 0 fully saturated rings. The van der Waals surface area contributed by atoms with Gasteiger partial charge in [0.2, 0.25) is 5.91 Å². The van der Waals surface area contributed by atoms with Crippen molar-refractivity contribution in [2.24, 2.45) is 5.73 Å². The highest BCUT2D eigenvalue weighted by molar-refractivity contribution is 6.02. The smallest absolute Gasteiger partial charge is 0.368 e. The van der Waals surface area contributed by atoms with Crippen LogP contribution in [0.15, 0.2) is 48.8 Å². The highest BCUT2D eigenvalue weighted by Gasteiger charge is 2.34. The average Bonchev–Trinajstić information content (AvgIpc) is 3.03. The minimum atomic E-state index is -4.68. The first-order chi connectivity index (χ1) is 12.7. The van der Waals surface area contributed by atoms with Gasteiger partial charge >= 0.3 is 6.18 Å². The highest BCUT2D eigenvalue weighted by atomic mass is 19.4. The predicted octanol–water partition coefficient (Wildman–Crippen LogP) is 2.45. The minimum absolute atomic E-state index is 0.0992. The number of nitrogens with zero attached hydrogens (tertiary/aromatic N) is 2. The molecular formula is C17H12F4N4O2.